The number of aryl methyl sites for hydroxylation is 1. The van der Waals surface area contributed by atoms with Crippen molar-refractivity contribution in [3.63, 3.8) is 0 Å². The minimum atomic E-state index is -5.08. The van der Waals surface area contributed by atoms with Crippen LogP contribution in [0.1, 0.15) is 24.6 Å². The molecule has 7 nitrogen and oxygen atoms in total. The molecule has 1 saturated carbocycles. The highest BCUT2D eigenvalue weighted by Crippen LogP contribution is 2.38. The third-order valence-corrected chi connectivity index (χ3v) is 5.30. The van der Waals surface area contributed by atoms with Crippen molar-refractivity contribution in [3.05, 3.63) is 11.7 Å². The second-order valence-corrected chi connectivity index (χ2v) is 7.63. The molecule has 1 aromatic rings. The molecule has 152 valence electrons. The summed E-state index contributed by atoms with van der Waals surface area (Å²) < 4.78 is 42.9. The predicted molar refractivity (Wildman–Crippen MR) is 86.9 cm³/mol. The lowest BCUT2D eigenvalue weighted by atomic mass is 9.81. The summed E-state index contributed by atoms with van der Waals surface area (Å²) in [6.07, 6.45) is -1.33. The van der Waals surface area contributed by atoms with E-state index in [0.717, 1.165) is 43.2 Å². The van der Waals surface area contributed by atoms with Gasteiger partial charge < -0.3 is 19.3 Å². The summed E-state index contributed by atoms with van der Waals surface area (Å²) in [6, 6.07) is 0. The van der Waals surface area contributed by atoms with Gasteiger partial charge in [-0.05, 0) is 43.4 Å². The molecule has 0 spiro atoms. The van der Waals surface area contributed by atoms with Crippen LogP contribution in [0.2, 0.25) is 0 Å². The number of carboxylic acid groups (broad SMARTS) is 1. The Kier molecular flexibility index (Phi) is 6.05. The van der Waals surface area contributed by atoms with E-state index in [-0.39, 0.29) is 0 Å². The monoisotopic (exact) mass is 391 g/mol. The summed E-state index contributed by atoms with van der Waals surface area (Å²) >= 11 is 0. The van der Waals surface area contributed by atoms with Crippen LogP contribution in [-0.4, -0.2) is 65.1 Å². The molecule has 27 heavy (non-hydrogen) atoms. The second kappa shape index (κ2) is 8.14. The van der Waals surface area contributed by atoms with E-state index >= 15 is 0 Å². The zero-order chi connectivity index (χ0) is 19.6. The van der Waals surface area contributed by atoms with Gasteiger partial charge in [-0.1, -0.05) is 5.16 Å². The first-order valence-electron chi connectivity index (χ1n) is 9.11. The fourth-order valence-electron chi connectivity index (χ4n) is 3.87. The van der Waals surface area contributed by atoms with Crippen LogP contribution >= 0.6 is 0 Å². The average Bonchev–Trinajstić information content (AvgIpc) is 3.13. The van der Waals surface area contributed by atoms with Crippen LogP contribution in [0.25, 0.3) is 0 Å². The van der Waals surface area contributed by atoms with Crippen LogP contribution in [-0.2, 0) is 16.0 Å². The zero-order valence-corrected chi connectivity index (χ0v) is 15.1. The van der Waals surface area contributed by atoms with Crippen molar-refractivity contribution in [2.75, 3.05) is 32.8 Å². The molecular weight excluding hydrogens is 367 g/mol. The fourth-order valence-corrected chi connectivity index (χ4v) is 3.87. The normalized spacial score (nSPS) is 28.4. The van der Waals surface area contributed by atoms with Gasteiger partial charge in [0.2, 0.25) is 5.89 Å². The number of hydrogen-bond donors (Lipinski definition) is 1. The smallest absolute Gasteiger partial charge is 0.475 e. The van der Waals surface area contributed by atoms with Crippen LogP contribution in [0.3, 0.4) is 0 Å². The molecule has 0 radical (unpaired) electrons. The lowest BCUT2D eigenvalue weighted by molar-refractivity contribution is -0.192. The third-order valence-electron chi connectivity index (χ3n) is 5.30. The molecule has 3 fully saturated rings. The zero-order valence-electron chi connectivity index (χ0n) is 15.1. The third kappa shape index (κ3) is 5.65. The Balaban J connectivity index is 0.000000260. The first kappa shape index (κ1) is 20.1. The van der Waals surface area contributed by atoms with Gasteiger partial charge in [-0.25, -0.2) is 4.79 Å². The fraction of sp³-hybridized carbons (Fsp3) is 0.824. The highest BCUT2D eigenvalue weighted by molar-refractivity contribution is 5.73. The number of halogens is 3. The summed E-state index contributed by atoms with van der Waals surface area (Å²) in [7, 11) is 0. The number of nitrogens with zero attached hydrogens (tertiary/aromatic N) is 3. The van der Waals surface area contributed by atoms with E-state index in [1.54, 1.807) is 0 Å². The Morgan fingerprint density at radius 1 is 1.30 bits per heavy atom. The van der Waals surface area contributed by atoms with E-state index in [0.29, 0.717) is 11.8 Å². The number of aliphatic carboxylic acids is 1. The number of rotatable bonds is 4. The number of ether oxygens (including phenoxy) is 1. The maximum atomic E-state index is 10.6. The van der Waals surface area contributed by atoms with Gasteiger partial charge >= 0.3 is 12.1 Å². The van der Waals surface area contributed by atoms with Crippen LogP contribution in [0, 0.1) is 30.6 Å². The Bertz CT molecular complexity index is 648. The van der Waals surface area contributed by atoms with Gasteiger partial charge in [0.05, 0.1) is 13.2 Å². The summed E-state index contributed by atoms with van der Waals surface area (Å²) in [4.78, 5) is 15.9. The number of hydrogen-bond acceptors (Lipinski definition) is 6. The molecule has 1 aliphatic carbocycles. The van der Waals surface area contributed by atoms with E-state index in [2.05, 4.69) is 15.0 Å². The van der Waals surface area contributed by atoms with E-state index in [4.69, 9.17) is 19.2 Å². The van der Waals surface area contributed by atoms with Crippen molar-refractivity contribution in [1.29, 1.82) is 0 Å². The van der Waals surface area contributed by atoms with Gasteiger partial charge in [0.25, 0.3) is 0 Å². The van der Waals surface area contributed by atoms with Gasteiger partial charge in [0.15, 0.2) is 5.82 Å². The van der Waals surface area contributed by atoms with Crippen molar-refractivity contribution in [1.82, 2.24) is 15.0 Å². The number of aromatic nitrogens is 2. The first-order chi connectivity index (χ1) is 12.7. The quantitative estimate of drug-likeness (QED) is 0.841. The number of fused-ring (bicyclic) bond motifs is 1. The van der Waals surface area contributed by atoms with Gasteiger partial charge in [-0.2, -0.15) is 18.2 Å². The van der Waals surface area contributed by atoms with Crippen molar-refractivity contribution >= 4 is 5.97 Å². The molecule has 3 heterocycles. The van der Waals surface area contributed by atoms with Gasteiger partial charge in [-0.15, -0.1) is 0 Å². The van der Waals surface area contributed by atoms with Crippen molar-refractivity contribution in [2.24, 2.45) is 23.7 Å². The lowest BCUT2D eigenvalue weighted by Crippen LogP contribution is -2.36. The minimum absolute atomic E-state index is 0.540. The molecule has 3 aliphatic rings. The minimum Gasteiger partial charge on any atom is -0.475 e. The van der Waals surface area contributed by atoms with Crippen LogP contribution in [0.4, 0.5) is 13.2 Å². The Hall–Kier alpha value is -1.68. The molecule has 1 aromatic heterocycles. The molecule has 4 rings (SSSR count). The molecule has 0 amide bonds. The maximum Gasteiger partial charge on any atom is 0.490 e. The largest absolute Gasteiger partial charge is 0.490 e. The summed E-state index contributed by atoms with van der Waals surface area (Å²) in [5, 5.41) is 11.0. The average molecular weight is 391 g/mol. The molecule has 0 aromatic carbocycles. The molecule has 10 heteroatoms. The number of alkyl halides is 3. The van der Waals surface area contributed by atoms with Gasteiger partial charge in [0, 0.05) is 26.1 Å². The van der Waals surface area contributed by atoms with Crippen LogP contribution in [0.15, 0.2) is 4.52 Å². The topological polar surface area (TPSA) is 88.7 Å². The van der Waals surface area contributed by atoms with Crippen LogP contribution < -0.4 is 0 Å². The molecular formula is C17H24F3N3O4. The summed E-state index contributed by atoms with van der Waals surface area (Å²) in [5.74, 6) is 1.72. The van der Waals surface area contributed by atoms with Crippen molar-refractivity contribution in [2.45, 2.75) is 32.4 Å². The van der Waals surface area contributed by atoms with Gasteiger partial charge in [-0.3, -0.25) is 0 Å². The Morgan fingerprint density at radius 2 is 2.00 bits per heavy atom. The Labute approximate surface area is 154 Å². The molecule has 3 atom stereocenters. The van der Waals surface area contributed by atoms with Crippen molar-refractivity contribution in [3.8, 4) is 0 Å². The lowest BCUT2D eigenvalue weighted by Gasteiger charge is -2.32. The summed E-state index contributed by atoms with van der Waals surface area (Å²) in [6.45, 7) is 7.42. The van der Waals surface area contributed by atoms with E-state index in [1.807, 2.05) is 6.92 Å². The standard InChI is InChI=1S/C15H23N3O2.C2HF3O2/c1-10-16-15(20-17-10)4-12-8-19-9-13-6-18(7-14(12)13)5-11-2-3-11;3-2(4,5)1(6)7/h11-14H,2-9H2,1H3;(H,6,7)/t12-,13-,14+;/m1./s1. The Morgan fingerprint density at radius 3 is 2.56 bits per heavy atom. The van der Waals surface area contributed by atoms with Crippen LogP contribution in [0.5, 0.6) is 0 Å². The van der Waals surface area contributed by atoms with Gasteiger partial charge in [0.1, 0.15) is 0 Å². The molecule has 0 unspecified atom stereocenters. The number of likely N-dealkylation sites (tertiary alicyclic amines) is 1. The van der Waals surface area contributed by atoms with E-state index < -0.39 is 12.1 Å². The first-order valence-corrected chi connectivity index (χ1v) is 9.11. The highest BCUT2D eigenvalue weighted by atomic mass is 19.4. The second-order valence-electron chi connectivity index (χ2n) is 7.63. The molecule has 0 bridgehead atoms. The number of carbonyl (C=O) groups is 1. The predicted octanol–water partition coefficient (Wildman–Crippen LogP) is 2.16. The van der Waals surface area contributed by atoms with E-state index in [1.165, 1.54) is 32.5 Å². The molecule has 2 aliphatic heterocycles. The molecule has 2 saturated heterocycles. The highest BCUT2D eigenvalue weighted by Gasteiger charge is 2.42. The van der Waals surface area contributed by atoms with Crippen molar-refractivity contribution < 1.29 is 32.3 Å². The number of carboxylic acids is 1. The molecule has 1 N–H and O–H groups in total. The van der Waals surface area contributed by atoms with E-state index in [9.17, 15) is 13.2 Å². The SMILES string of the molecule is Cc1noc(C[C@@H]2COC[C@H]3CN(CC4CC4)C[C@@H]23)n1.O=C(O)C(F)(F)F. The summed E-state index contributed by atoms with van der Waals surface area (Å²) in [5.41, 5.74) is 0. The maximum absolute atomic E-state index is 10.6.